The number of methoxy groups -OCH3 is 1. The standard InChI is InChI=1S/C10H20N4O/c1-4-9(7-15-3)11-6-5-10-13-12-8-14(10)2/h8-9,11H,4-7H2,1-3H3. The normalized spacial score (nSPS) is 13.0. The molecule has 0 amide bonds. The van der Waals surface area contributed by atoms with E-state index in [1.54, 1.807) is 13.4 Å². The van der Waals surface area contributed by atoms with E-state index in [1.807, 2.05) is 11.6 Å². The first-order valence-electron chi connectivity index (χ1n) is 5.33. The Morgan fingerprint density at radius 2 is 2.40 bits per heavy atom. The third-order valence-corrected chi connectivity index (χ3v) is 2.45. The van der Waals surface area contributed by atoms with Crippen LogP contribution in [-0.2, 0) is 18.2 Å². The maximum absolute atomic E-state index is 5.11. The van der Waals surface area contributed by atoms with Gasteiger partial charge in [-0.1, -0.05) is 6.92 Å². The second-order valence-corrected chi connectivity index (χ2v) is 3.62. The summed E-state index contributed by atoms with van der Waals surface area (Å²) >= 11 is 0. The molecule has 1 aromatic rings. The van der Waals surface area contributed by atoms with E-state index < -0.39 is 0 Å². The lowest BCUT2D eigenvalue weighted by Gasteiger charge is -2.15. The van der Waals surface area contributed by atoms with Crippen LogP contribution in [0.15, 0.2) is 6.33 Å². The van der Waals surface area contributed by atoms with Crippen molar-refractivity contribution in [1.82, 2.24) is 20.1 Å². The number of rotatable bonds is 7. The van der Waals surface area contributed by atoms with E-state index >= 15 is 0 Å². The molecule has 0 aliphatic carbocycles. The van der Waals surface area contributed by atoms with E-state index in [2.05, 4.69) is 22.4 Å². The van der Waals surface area contributed by atoms with Gasteiger partial charge in [0, 0.05) is 33.2 Å². The van der Waals surface area contributed by atoms with Gasteiger partial charge >= 0.3 is 0 Å². The van der Waals surface area contributed by atoms with Crippen LogP contribution in [0, 0.1) is 0 Å². The zero-order chi connectivity index (χ0) is 11.1. The van der Waals surface area contributed by atoms with E-state index in [0.29, 0.717) is 6.04 Å². The number of aryl methyl sites for hydroxylation is 1. The number of aromatic nitrogens is 3. The smallest absolute Gasteiger partial charge is 0.133 e. The topological polar surface area (TPSA) is 52.0 Å². The molecular formula is C10H20N4O. The Bertz CT molecular complexity index is 274. The van der Waals surface area contributed by atoms with E-state index in [4.69, 9.17) is 4.74 Å². The molecule has 1 heterocycles. The molecule has 0 bridgehead atoms. The lowest BCUT2D eigenvalue weighted by Crippen LogP contribution is -2.34. The fourth-order valence-corrected chi connectivity index (χ4v) is 1.44. The summed E-state index contributed by atoms with van der Waals surface area (Å²) in [6, 6.07) is 0.434. The van der Waals surface area contributed by atoms with Crippen LogP contribution in [0.1, 0.15) is 19.2 Å². The molecule has 0 fully saturated rings. The number of hydrogen-bond donors (Lipinski definition) is 1. The molecule has 1 atom stereocenters. The number of hydrogen-bond acceptors (Lipinski definition) is 4. The van der Waals surface area contributed by atoms with Gasteiger partial charge in [0.1, 0.15) is 12.2 Å². The first-order valence-corrected chi connectivity index (χ1v) is 5.33. The highest BCUT2D eigenvalue weighted by atomic mass is 16.5. The largest absolute Gasteiger partial charge is 0.383 e. The average molecular weight is 212 g/mol. The molecule has 0 aliphatic rings. The summed E-state index contributed by atoms with van der Waals surface area (Å²) in [5.41, 5.74) is 0. The van der Waals surface area contributed by atoms with Crippen LogP contribution < -0.4 is 5.32 Å². The molecular weight excluding hydrogens is 192 g/mol. The van der Waals surface area contributed by atoms with E-state index in [-0.39, 0.29) is 0 Å². The zero-order valence-electron chi connectivity index (χ0n) is 9.73. The molecule has 86 valence electrons. The molecule has 0 saturated heterocycles. The third-order valence-electron chi connectivity index (χ3n) is 2.45. The Hall–Kier alpha value is -0.940. The maximum Gasteiger partial charge on any atom is 0.133 e. The van der Waals surface area contributed by atoms with Gasteiger partial charge in [-0.2, -0.15) is 0 Å². The summed E-state index contributed by atoms with van der Waals surface area (Å²) in [4.78, 5) is 0. The monoisotopic (exact) mass is 212 g/mol. The second-order valence-electron chi connectivity index (χ2n) is 3.62. The van der Waals surface area contributed by atoms with Crippen molar-refractivity contribution in [3.63, 3.8) is 0 Å². The first-order chi connectivity index (χ1) is 7.27. The molecule has 1 aromatic heterocycles. The summed E-state index contributed by atoms with van der Waals surface area (Å²) in [5.74, 6) is 1.01. The van der Waals surface area contributed by atoms with Gasteiger partial charge in [0.15, 0.2) is 0 Å². The van der Waals surface area contributed by atoms with Crippen LogP contribution in [0.2, 0.25) is 0 Å². The van der Waals surface area contributed by atoms with Gasteiger partial charge in [0.05, 0.1) is 6.61 Å². The molecule has 0 saturated carbocycles. The number of nitrogens with one attached hydrogen (secondary N) is 1. The molecule has 0 aliphatic heterocycles. The molecule has 0 aromatic carbocycles. The van der Waals surface area contributed by atoms with Crippen LogP contribution in [-0.4, -0.2) is 41.1 Å². The van der Waals surface area contributed by atoms with E-state index in [0.717, 1.165) is 31.8 Å². The van der Waals surface area contributed by atoms with Crippen molar-refractivity contribution >= 4 is 0 Å². The lowest BCUT2D eigenvalue weighted by molar-refractivity contribution is 0.164. The van der Waals surface area contributed by atoms with Crippen molar-refractivity contribution in [2.24, 2.45) is 7.05 Å². The molecule has 0 spiro atoms. The summed E-state index contributed by atoms with van der Waals surface area (Å²) in [7, 11) is 3.69. The van der Waals surface area contributed by atoms with Crippen molar-refractivity contribution < 1.29 is 4.74 Å². The molecule has 0 radical (unpaired) electrons. The van der Waals surface area contributed by atoms with Crippen molar-refractivity contribution in [3.05, 3.63) is 12.2 Å². The quantitative estimate of drug-likeness (QED) is 0.709. The van der Waals surface area contributed by atoms with Gasteiger partial charge in [0.2, 0.25) is 0 Å². The second kappa shape index (κ2) is 6.53. The van der Waals surface area contributed by atoms with E-state index in [1.165, 1.54) is 0 Å². The first kappa shape index (κ1) is 12.1. The van der Waals surface area contributed by atoms with Crippen LogP contribution in [0.25, 0.3) is 0 Å². The minimum atomic E-state index is 0.434. The van der Waals surface area contributed by atoms with Crippen molar-refractivity contribution in [2.45, 2.75) is 25.8 Å². The fourth-order valence-electron chi connectivity index (χ4n) is 1.44. The van der Waals surface area contributed by atoms with Crippen molar-refractivity contribution in [2.75, 3.05) is 20.3 Å². The van der Waals surface area contributed by atoms with Gasteiger partial charge in [-0.05, 0) is 6.42 Å². The molecule has 1 rings (SSSR count). The van der Waals surface area contributed by atoms with Crippen molar-refractivity contribution in [3.8, 4) is 0 Å². The summed E-state index contributed by atoms with van der Waals surface area (Å²) in [5, 5.41) is 11.3. The molecule has 1 unspecified atom stereocenters. The summed E-state index contributed by atoms with van der Waals surface area (Å²) in [6.45, 7) is 3.82. The minimum absolute atomic E-state index is 0.434. The van der Waals surface area contributed by atoms with Gasteiger partial charge in [-0.25, -0.2) is 0 Å². The Morgan fingerprint density at radius 1 is 1.60 bits per heavy atom. The summed E-state index contributed by atoms with van der Waals surface area (Å²) in [6.07, 6.45) is 3.70. The highest BCUT2D eigenvalue weighted by Crippen LogP contribution is 1.94. The molecule has 5 heteroatoms. The Labute approximate surface area is 90.8 Å². The summed E-state index contributed by atoms with van der Waals surface area (Å²) < 4.78 is 7.05. The third kappa shape index (κ3) is 3.97. The van der Waals surface area contributed by atoms with Crippen LogP contribution in [0.3, 0.4) is 0 Å². The Balaban J connectivity index is 2.23. The molecule has 1 N–H and O–H groups in total. The highest BCUT2D eigenvalue weighted by molar-refractivity contribution is 4.85. The Kier molecular flexibility index (Phi) is 5.28. The number of nitrogens with zero attached hydrogens (tertiary/aromatic N) is 3. The predicted molar refractivity (Wildman–Crippen MR) is 58.7 cm³/mol. The van der Waals surface area contributed by atoms with E-state index in [9.17, 15) is 0 Å². The van der Waals surface area contributed by atoms with Gasteiger partial charge in [-0.3, -0.25) is 0 Å². The van der Waals surface area contributed by atoms with Crippen LogP contribution in [0.4, 0.5) is 0 Å². The molecule has 15 heavy (non-hydrogen) atoms. The molecule has 5 nitrogen and oxygen atoms in total. The van der Waals surface area contributed by atoms with Crippen LogP contribution in [0.5, 0.6) is 0 Å². The predicted octanol–water partition coefficient (Wildman–Crippen LogP) is 0.372. The average Bonchev–Trinajstić information content (AvgIpc) is 2.63. The SMILES string of the molecule is CCC(COC)NCCc1nncn1C. The highest BCUT2D eigenvalue weighted by Gasteiger charge is 2.05. The van der Waals surface area contributed by atoms with Crippen molar-refractivity contribution in [1.29, 1.82) is 0 Å². The fraction of sp³-hybridized carbons (Fsp3) is 0.800. The van der Waals surface area contributed by atoms with Gasteiger partial charge in [0.25, 0.3) is 0 Å². The lowest BCUT2D eigenvalue weighted by atomic mass is 10.2. The Morgan fingerprint density at radius 3 is 2.93 bits per heavy atom. The van der Waals surface area contributed by atoms with Gasteiger partial charge in [-0.15, -0.1) is 10.2 Å². The van der Waals surface area contributed by atoms with Crippen LogP contribution >= 0.6 is 0 Å². The van der Waals surface area contributed by atoms with Gasteiger partial charge < -0.3 is 14.6 Å². The maximum atomic E-state index is 5.11. The minimum Gasteiger partial charge on any atom is -0.383 e. The zero-order valence-corrected chi connectivity index (χ0v) is 9.73. The number of ether oxygens (including phenoxy) is 1.